The van der Waals surface area contributed by atoms with Gasteiger partial charge >= 0.3 is 12.0 Å². The fourth-order valence-corrected chi connectivity index (χ4v) is 2.40. The number of hydrogen-bond donors (Lipinski definition) is 4. The Balaban J connectivity index is 1.92. The van der Waals surface area contributed by atoms with Crippen molar-refractivity contribution in [3.8, 4) is 5.75 Å². The summed E-state index contributed by atoms with van der Waals surface area (Å²) in [6, 6.07) is 3.36. The number of methoxy groups -OCH3 is 1. The van der Waals surface area contributed by atoms with Crippen molar-refractivity contribution in [1.82, 2.24) is 5.32 Å². The van der Waals surface area contributed by atoms with E-state index in [0.717, 1.165) is 25.3 Å². The Morgan fingerprint density at radius 1 is 1.33 bits per heavy atom. The highest BCUT2D eigenvalue weighted by atomic mass is 16.5. The summed E-state index contributed by atoms with van der Waals surface area (Å²) in [5.41, 5.74) is 0.121. The number of aromatic hydroxyl groups is 1. The number of nitrogens with one attached hydrogen (secondary N) is 2. The zero-order chi connectivity index (χ0) is 15.4. The summed E-state index contributed by atoms with van der Waals surface area (Å²) in [6.45, 7) is 0. The highest BCUT2D eigenvalue weighted by Gasteiger charge is 2.25. The van der Waals surface area contributed by atoms with Crippen molar-refractivity contribution < 1.29 is 24.5 Å². The molecule has 7 heteroatoms. The first-order valence-corrected chi connectivity index (χ1v) is 6.66. The van der Waals surface area contributed by atoms with Crippen LogP contribution < -0.4 is 10.6 Å². The summed E-state index contributed by atoms with van der Waals surface area (Å²) in [5.74, 6) is -1.43. The van der Waals surface area contributed by atoms with Gasteiger partial charge in [-0.15, -0.1) is 0 Å². The monoisotopic (exact) mass is 294 g/mol. The number of aromatic carboxylic acids is 1. The van der Waals surface area contributed by atoms with Gasteiger partial charge < -0.3 is 25.6 Å². The van der Waals surface area contributed by atoms with Gasteiger partial charge in [0.15, 0.2) is 0 Å². The van der Waals surface area contributed by atoms with Crippen LogP contribution in [0, 0.1) is 0 Å². The summed E-state index contributed by atoms with van der Waals surface area (Å²) in [7, 11) is 1.65. The predicted octanol–water partition coefficient (Wildman–Crippen LogP) is 1.78. The minimum Gasteiger partial charge on any atom is -0.506 e. The number of carboxylic acid groups (broad SMARTS) is 1. The van der Waals surface area contributed by atoms with Crippen LogP contribution in [0.3, 0.4) is 0 Å². The van der Waals surface area contributed by atoms with Crippen LogP contribution in [0.1, 0.15) is 29.6 Å². The molecule has 1 saturated carbocycles. The lowest BCUT2D eigenvalue weighted by Gasteiger charge is -2.14. The molecule has 0 bridgehead atoms. The van der Waals surface area contributed by atoms with E-state index in [2.05, 4.69) is 10.6 Å². The molecule has 7 nitrogen and oxygen atoms in total. The van der Waals surface area contributed by atoms with Crippen molar-refractivity contribution in [1.29, 1.82) is 0 Å². The lowest BCUT2D eigenvalue weighted by molar-refractivity contribution is 0.0696. The zero-order valence-corrected chi connectivity index (χ0v) is 11.6. The second-order valence-corrected chi connectivity index (χ2v) is 5.00. The molecule has 2 rings (SSSR count). The molecule has 2 amide bonds. The molecule has 4 N–H and O–H groups in total. The van der Waals surface area contributed by atoms with Crippen molar-refractivity contribution in [3.63, 3.8) is 0 Å². The maximum atomic E-state index is 11.8. The van der Waals surface area contributed by atoms with E-state index < -0.39 is 12.0 Å². The number of phenolic OH excluding ortho intramolecular Hbond substituents is 1. The first kappa shape index (κ1) is 15.1. The Morgan fingerprint density at radius 3 is 2.67 bits per heavy atom. The van der Waals surface area contributed by atoms with E-state index in [1.54, 1.807) is 7.11 Å². The minimum atomic E-state index is -1.14. The van der Waals surface area contributed by atoms with Crippen LogP contribution in [-0.2, 0) is 4.74 Å². The van der Waals surface area contributed by atoms with Gasteiger partial charge in [-0.1, -0.05) is 0 Å². The summed E-state index contributed by atoms with van der Waals surface area (Å²) >= 11 is 0. The molecule has 0 heterocycles. The topological polar surface area (TPSA) is 108 Å². The molecule has 0 spiro atoms. The Hall–Kier alpha value is -2.28. The third-order valence-electron chi connectivity index (χ3n) is 3.55. The number of urea groups is 1. The van der Waals surface area contributed by atoms with E-state index in [4.69, 9.17) is 9.84 Å². The molecule has 114 valence electrons. The number of phenols is 1. The number of benzene rings is 1. The van der Waals surface area contributed by atoms with Crippen LogP contribution in [0.5, 0.6) is 5.75 Å². The van der Waals surface area contributed by atoms with Gasteiger partial charge in [-0.05, 0) is 37.5 Å². The Kier molecular flexibility index (Phi) is 4.64. The van der Waals surface area contributed by atoms with E-state index >= 15 is 0 Å². The average molecular weight is 294 g/mol. The number of amides is 2. The molecule has 0 aromatic heterocycles. The Labute approximate surface area is 121 Å². The molecule has 1 fully saturated rings. The van der Waals surface area contributed by atoms with Crippen molar-refractivity contribution in [2.45, 2.75) is 31.4 Å². The van der Waals surface area contributed by atoms with Crippen LogP contribution >= 0.6 is 0 Å². The highest BCUT2D eigenvalue weighted by molar-refractivity contribution is 5.93. The third-order valence-corrected chi connectivity index (χ3v) is 3.55. The predicted molar refractivity (Wildman–Crippen MR) is 75.7 cm³/mol. The molecular weight excluding hydrogens is 276 g/mol. The molecule has 0 aliphatic heterocycles. The number of carbonyl (C=O) groups is 2. The highest BCUT2D eigenvalue weighted by Crippen LogP contribution is 2.25. The summed E-state index contributed by atoms with van der Waals surface area (Å²) in [5, 5.41) is 23.8. The van der Waals surface area contributed by atoms with Gasteiger partial charge in [-0.25, -0.2) is 9.59 Å². The van der Waals surface area contributed by atoms with E-state index in [1.807, 2.05) is 0 Å². The summed E-state index contributed by atoms with van der Waals surface area (Å²) < 4.78 is 5.23. The number of ether oxygens (including phenoxy) is 1. The van der Waals surface area contributed by atoms with E-state index in [9.17, 15) is 14.7 Å². The zero-order valence-electron chi connectivity index (χ0n) is 11.6. The second kappa shape index (κ2) is 6.45. The van der Waals surface area contributed by atoms with Crippen molar-refractivity contribution >= 4 is 17.7 Å². The van der Waals surface area contributed by atoms with Crippen LogP contribution in [0.25, 0.3) is 0 Å². The third kappa shape index (κ3) is 3.85. The fourth-order valence-electron chi connectivity index (χ4n) is 2.40. The number of anilines is 1. The minimum absolute atomic E-state index is 0.0374. The molecule has 1 aromatic rings. The summed E-state index contributed by atoms with van der Waals surface area (Å²) in [4.78, 5) is 22.6. The first-order valence-electron chi connectivity index (χ1n) is 6.66. The van der Waals surface area contributed by atoms with Crippen molar-refractivity contribution in [3.05, 3.63) is 23.8 Å². The average Bonchev–Trinajstić information content (AvgIpc) is 2.88. The number of carboxylic acids is 1. The van der Waals surface area contributed by atoms with Gasteiger partial charge in [0.1, 0.15) is 5.75 Å². The van der Waals surface area contributed by atoms with Gasteiger partial charge in [-0.3, -0.25) is 0 Å². The summed E-state index contributed by atoms with van der Waals surface area (Å²) in [6.07, 6.45) is 2.67. The largest absolute Gasteiger partial charge is 0.506 e. The van der Waals surface area contributed by atoms with Gasteiger partial charge in [0.2, 0.25) is 0 Å². The van der Waals surface area contributed by atoms with Crippen LogP contribution in [0.15, 0.2) is 18.2 Å². The molecule has 1 aliphatic rings. The molecule has 2 unspecified atom stereocenters. The Morgan fingerprint density at radius 2 is 2.10 bits per heavy atom. The molecule has 0 radical (unpaired) electrons. The number of rotatable bonds is 4. The normalized spacial score (nSPS) is 21.0. The van der Waals surface area contributed by atoms with E-state index in [-0.39, 0.29) is 29.1 Å². The van der Waals surface area contributed by atoms with Gasteiger partial charge in [0.25, 0.3) is 0 Å². The SMILES string of the molecule is COC1CCC(NC(=O)Nc2ccc(C(=O)O)cc2O)C1. The number of hydrogen-bond acceptors (Lipinski definition) is 4. The fraction of sp³-hybridized carbons (Fsp3) is 0.429. The standard InChI is InChI=1S/C14H18N2O5/c1-21-10-4-3-9(7-10)15-14(20)16-11-5-2-8(13(18)19)6-12(11)17/h2,5-6,9-10,17H,3-4,7H2,1H3,(H,18,19)(H2,15,16,20). The van der Waals surface area contributed by atoms with Gasteiger partial charge in [0, 0.05) is 13.2 Å². The quantitative estimate of drug-likeness (QED) is 0.633. The molecular formula is C14H18N2O5. The first-order chi connectivity index (χ1) is 9.99. The maximum Gasteiger partial charge on any atom is 0.335 e. The molecule has 0 saturated heterocycles. The lowest BCUT2D eigenvalue weighted by atomic mass is 10.2. The second-order valence-electron chi connectivity index (χ2n) is 5.00. The molecule has 21 heavy (non-hydrogen) atoms. The smallest absolute Gasteiger partial charge is 0.335 e. The lowest BCUT2D eigenvalue weighted by Crippen LogP contribution is -2.36. The molecule has 1 aliphatic carbocycles. The van der Waals surface area contributed by atoms with Crippen LogP contribution in [0.4, 0.5) is 10.5 Å². The van der Waals surface area contributed by atoms with Gasteiger partial charge in [-0.2, -0.15) is 0 Å². The van der Waals surface area contributed by atoms with Crippen LogP contribution in [0.2, 0.25) is 0 Å². The van der Waals surface area contributed by atoms with Crippen molar-refractivity contribution in [2.75, 3.05) is 12.4 Å². The Bertz CT molecular complexity index is 546. The maximum absolute atomic E-state index is 11.8. The van der Waals surface area contributed by atoms with E-state index in [1.165, 1.54) is 12.1 Å². The molecule has 1 aromatic carbocycles. The van der Waals surface area contributed by atoms with Gasteiger partial charge in [0.05, 0.1) is 17.4 Å². The molecule has 2 atom stereocenters. The van der Waals surface area contributed by atoms with E-state index in [0.29, 0.717) is 0 Å². The van der Waals surface area contributed by atoms with Crippen molar-refractivity contribution in [2.24, 2.45) is 0 Å². The number of carbonyl (C=O) groups excluding carboxylic acids is 1. The van der Waals surface area contributed by atoms with Crippen LogP contribution in [-0.4, -0.2) is 41.5 Å².